The molecule has 0 bridgehead atoms. The topological polar surface area (TPSA) is 55.5 Å². The van der Waals surface area contributed by atoms with Crippen LogP contribution in [0.15, 0.2) is 18.2 Å². The second-order valence-corrected chi connectivity index (χ2v) is 2.97. The number of methoxy groups -OCH3 is 1. The van der Waals surface area contributed by atoms with E-state index in [9.17, 15) is 0 Å². The smallest absolute Gasteiger partial charge is 0.124 e. The predicted octanol–water partition coefficient (Wildman–Crippen LogP) is 1.21. The predicted molar refractivity (Wildman–Crippen MR) is 51.5 cm³/mol. The number of ether oxygens (including phenoxy) is 1. The van der Waals surface area contributed by atoms with Crippen molar-refractivity contribution >= 4 is 0 Å². The molecule has 3 nitrogen and oxygen atoms in total. The molecule has 1 aromatic carbocycles. The lowest BCUT2D eigenvalue weighted by atomic mass is 10.0. The summed E-state index contributed by atoms with van der Waals surface area (Å²) >= 11 is 0. The lowest BCUT2D eigenvalue weighted by Crippen LogP contribution is -2.09. The van der Waals surface area contributed by atoms with E-state index in [2.05, 4.69) is 0 Å². The maximum atomic E-state index is 9.14. The van der Waals surface area contributed by atoms with Crippen molar-refractivity contribution in [3.8, 4) is 5.75 Å². The number of hydrogen-bond donors (Lipinski definition) is 2. The maximum Gasteiger partial charge on any atom is 0.124 e. The van der Waals surface area contributed by atoms with Gasteiger partial charge in [-0.2, -0.15) is 0 Å². The largest absolute Gasteiger partial charge is 0.496 e. The van der Waals surface area contributed by atoms with Crippen molar-refractivity contribution in [2.45, 2.75) is 19.6 Å². The Morgan fingerprint density at radius 2 is 2.23 bits per heavy atom. The van der Waals surface area contributed by atoms with E-state index in [0.29, 0.717) is 5.75 Å². The Kier molecular flexibility index (Phi) is 3.28. The normalized spacial score (nSPS) is 12.6. The highest BCUT2D eigenvalue weighted by Crippen LogP contribution is 2.25. The Morgan fingerprint density at radius 1 is 1.54 bits per heavy atom. The molecule has 3 heteroatoms. The zero-order chi connectivity index (χ0) is 9.84. The highest BCUT2D eigenvalue weighted by atomic mass is 16.5. The SMILES string of the molecule is COc1cccc(C(C)N)c1CO. The van der Waals surface area contributed by atoms with Crippen LogP contribution in [-0.2, 0) is 6.61 Å². The van der Waals surface area contributed by atoms with E-state index in [-0.39, 0.29) is 12.6 Å². The quantitative estimate of drug-likeness (QED) is 0.736. The number of benzene rings is 1. The first kappa shape index (κ1) is 10.0. The maximum absolute atomic E-state index is 9.14. The zero-order valence-electron chi connectivity index (χ0n) is 7.95. The molecule has 1 atom stereocenters. The third-order valence-electron chi connectivity index (χ3n) is 2.04. The molecule has 0 fully saturated rings. The van der Waals surface area contributed by atoms with Crippen molar-refractivity contribution < 1.29 is 9.84 Å². The first-order valence-electron chi connectivity index (χ1n) is 4.23. The van der Waals surface area contributed by atoms with Gasteiger partial charge in [0.2, 0.25) is 0 Å². The summed E-state index contributed by atoms with van der Waals surface area (Å²) in [5, 5.41) is 9.14. The molecule has 0 aliphatic rings. The van der Waals surface area contributed by atoms with Crippen molar-refractivity contribution in [2.24, 2.45) is 5.73 Å². The molecule has 0 aliphatic carbocycles. The van der Waals surface area contributed by atoms with E-state index in [0.717, 1.165) is 11.1 Å². The van der Waals surface area contributed by atoms with Crippen LogP contribution in [0, 0.1) is 0 Å². The van der Waals surface area contributed by atoms with Crippen molar-refractivity contribution in [3.63, 3.8) is 0 Å². The second kappa shape index (κ2) is 4.25. The van der Waals surface area contributed by atoms with Gasteiger partial charge in [-0.3, -0.25) is 0 Å². The molecule has 0 heterocycles. The van der Waals surface area contributed by atoms with E-state index in [1.807, 2.05) is 25.1 Å². The van der Waals surface area contributed by atoms with Gasteiger partial charge in [0.1, 0.15) is 5.75 Å². The molecule has 1 unspecified atom stereocenters. The molecular formula is C10H15NO2. The Hall–Kier alpha value is -1.06. The number of hydrogen-bond acceptors (Lipinski definition) is 3. The lowest BCUT2D eigenvalue weighted by Gasteiger charge is -2.14. The Labute approximate surface area is 78.1 Å². The molecule has 0 amide bonds. The van der Waals surface area contributed by atoms with Crippen LogP contribution in [0.1, 0.15) is 24.1 Å². The van der Waals surface area contributed by atoms with Crippen molar-refractivity contribution in [3.05, 3.63) is 29.3 Å². The van der Waals surface area contributed by atoms with Crippen LogP contribution in [0.3, 0.4) is 0 Å². The molecule has 13 heavy (non-hydrogen) atoms. The van der Waals surface area contributed by atoms with Crippen molar-refractivity contribution in [2.75, 3.05) is 7.11 Å². The van der Waals surface area contributed by atoms with Crippen LogP contribution < -0.4 is 10.5 Å². The average Bonchev–Trinajstić information content (AvgIpc) is 2.16. The molecule has 3 N–H and O–H groups in total. The Balaban J connectivity index is 3.19. The van der Waals surface area contributed by atoms with Crippen LogP contribution in [0.4, 0.5) is 0 Å². The van der Waals surface area contributed by atoms with Gasteiger partial charge < -0.3 is 15.6 Å². The number of rotatable bonds is 3. The summed E-state index contributed by atoms with van der Waals surface area (Å²) in [6, 6.07) is 5.50. The minimum Gasteiger partial charge on any atom is -0.496 e. The molecule has 1 aromatic rings. The minimum atomic E-state index is -0.0859. The number of nitrogens with two attached hydrogens (primary N) is 1. The minimum absolute atomic E-state index is 0.0408. The molecular weight excluding hydrogens is 166 g/mol. The van der Waals surface area contributed by atoms with E-state index in [1.165, 1.54) is 0 Å². The molecule has 0 saturated heterocycles. The van der Waals surface area contributed by atoms with Crippen LogP contribution in [0.2, 0.25) is 0 Å². The molecule has 72 valence electrons. The lowest BCUT2D eigenvalue weighted by molar-refractivity contribution is 0.271. The average molecular weight is 181 g/mol. The van der Waals surface area contributed by atoms with Gasteiger partial charge >= 0.3 is 0 Å². The molecule has 0 aliphatic heterocycles. The summed E-state index contributed by atoms with van der Waals surface area (Å²) in [5.74, 6) is 0.692. The fourth-order valence-corrected chi connectivity index (χ4v) is 1.37. The summed E-state index contributed by atoms with van der Waals surface area (Å²) in [6.45, 7) is 1.84. The van der Waals surface area contributed by atoms with Gasteiger partial charge in [-0.05, 0) is 18.6 Å². The monoisotopic (exact) mass is 181 g/mol. The summed E-state index contributed by atoms with van der Waals surface area (Å²) in [7, 11) is 1.58. The van der Waals surface area contributed by atoms with Crippen molar-refractivity contribution in [1.29, 1.82) is 0 Å². The summed E-state index contributed by atoms with van der Waals surface area (Å²) in [4.78, 5) is 0. The summed E-state index contributed by atoms with van der Waals surface area (Å²) in [5.41, 5.74) is 7.46. The van der Waals surface area contributed by atoms with E-state index >= 15 is 0 Å². The second-order valence-electron chi connectivity index (χ2n) is 2.97. The van der Waals surface area contributed by atoms with Gasteiger partial charge in [0.15, 0.2) is 0 Å². The Morgan fingerprint density at radius 3 is 2.69 bits per heavy atom. The van der Waals surface area contributed by atoms with Gasteiger partial charge in [-0.1, -0.05) is 12.1 Å². The van der Waals surface area contributed by atoms with Gasteiger partial charge in [-0.15, -0.1) is 0 Å². The number of aliphatic hydroxyl groups excluding tert-OH is 1. The first-order valence-corrected chi connectivity index (χ1v) is 4.23. The highest BCUT2D eigenvalue weighted by molar-refractivity contribution is 5.41. The third-order valence-corrected chi connectivity index (χ3v) is 2.04. The van der Waals surface area contributed by atoms with E-state index in [4.69, 9.17) is 15.6 Å². The summed E-state index contributed by atoms with van der Waals surface area (Å²) in [6.07, 6.45) is 0. The fourth-order valence-electron chi connectivity index (χ4n) is 1.37. The molecule has 0 saturated carbocycles. The van der Waals surface area contributed by atoms with Gasteiger partial charge in [-0.25, -0.2) is 0 Å². The van der Waals surface area contributed by atoms with Crippen molar-refractivity contribution in [1.82, 2.24) is 0 Å². The summed E-state index contributed by atoms with van der Waals surface area (Å²) < 4.78 is 5.11. The third kappa shape index (κ3) is 1.99. The number of aliphatic hydroxyl groups is 1. The Bertz CT molecular complexity index is 284. The van der Waals surface area contributed by atoms with E-state index in [1.54, 1.807) is 7.11 Å². The fraction of sp³-hybridized carbons (Fsp3) is 0.400. The van der Waals surface area contributed by atoms with Gasteiger partial charge in [0.25, 0.3) is 0 Å². The van der Waals surface area contributed by atoms with Crippen LogP contribution >= 0.6 is 0 Å². The first-order chi connectivity index (χ1) is 6.20. The van der Waals surface area contributed by atoms with Crippen LogP contribution in [-0.4, -0.2) is 12.2 Å². The van der Waals surface area contributed by atoms with Crippen LogP contribution in [0.5, 0.6) is 5.75 Å². The highest BCUT2D eigenvalue weighted by Gasteiger charge is 2.10. The molecule has 0 spiro atoms. The zero-order valence-corrected chi connectivity index (χ0v) is 7.95. The van der Waals surface area contributed by atoms with E-state index < -0.39 is 0 Å². The molecule has 0 aromatic heterocycles. The molecule has 1 rings (SSSR count). The van der Waals surface area contributed by atoms with Gasteiger partial charge in [0.05, 0.1) is 13.7 Å². The van der Waals surface area contributed by atoms with Crippen LogP contribution in [0.25, 0.3) is 0 Å². The standard InChI is InChI=1S/C10H15NO2/c1-7(11)8-4-3-5-10(13-2)9(8)6-12/h3-5,7,12H,6,11H2,1-2H3. The molecule has 0 radical (unpaired) electrons. The van der Waals surface area contributed by atoms with Gasteiger partial charge in [0, 0.05) is 11.6 Å².